The number of nitriles is 1. The van der Waals surface area contributed by atoms with Crippen LogP contribution in [0.2, 0.25) is 5.02 Å². The average molecular weight is 449 g/mol. The highest BCUT2D eigenvalue weighted by atomic mass is 35.5. The van der Waals surface area contributed by atoms with Crippen molar-refractivity contribution >= 4 is 35.5 Å². The van der Waals surface area contributed by atoms with Crippen molar-refractivity contribution in [3.63, 3.8) is 0 Å². The number of methoxy groups -OCH3 is 1. The minimum atomic E-state index is -0.0336. The number of halogens is 1. The Balaban J connectivity index is 1.43. The van der Waals surface area contributed by atoms with Crippen LogP contribution in [0.15, 0.2) is 52.9 Å². The van der Waals surface area contributed by atoms with Gasteiger partial charge in [0.2, 0.25) is 17.5 Å². The summed E-state index contributed by atoms with van der Waals surface area (Å²) in [7, 11) is 1.59. The molecule has 1 aromatic heterocycles. The van der Waals surface area contributed by atoms with Crippen molar-refractivity contribution in [3.05, 3.63) is 76.3 Å². The molecule has 2 heterocycles. The number of hydrogen-bond donors (Lipinski definition) is 0. The molecule has 2 aromatic carbocycles. The van der Waals surface area contributed by atoms with Crippen LogP contribution in [0, 0.1) is 11.3 Å². The Morgan fingerprint density at radius 1 is 1.12 bits per heavy atom. The molecule has 1 aliphatic rings. The van der Waals surface area contributed by atoms with Gasteiger partial charge in [0, 0.05) is 42.8 Å². The van der Waals surface area contributed by atoms with Gasteiger partial charge in [-0.2, -0.15) is 10.2 Å². The Kier molecular flexibility index (Phi) is 6.43. The second-order valence-corrected chi connectivity index (χ2v) is 7.59. The largest absolute Gasteiger partial charge is 0.497 e. The monoisotopic (exact) mass is 448 g/mol. The quantitative estimate of drug-likeness (QED) is 0.577. The molecule has 0 N–H and O–H groups in total. The Hall–Kier alpha value is -3.76. The minimum Gasteiger partial charge on any atom is -0.497 e. The van der Waals surface area contributed by atoms with E-state index in [1.165, 1.54) is 0 Å². The second-order valence-electron chi connectivity index (χ2n) is 7.18. The van der Waals surface area contributed by atoms with E-state index in [4.69, 9.17) is 20.8 Å². The van der Waals surface area contributed by atoms with Gasteiger partial charge in [0.25, 0.3) is 5.91 Å². The molecule has 0 unspecified atom stereocenters. The summed E-state index contributed by atoms with van der Waals surface area (Å²) < 4.78 is 11.0. The molecule has 0 radical (unpaired) electrons. The molecule has 7 nitrogen and oxygen atoms in total. The number of hydrogen-bond acceptors (Lipinski definition) is 6. The summed E-state index contributed by atoms with van der Waals surface area (Å²) in [5.74, 6) is 1.42. The zero-order valence-electron chi connectivity index (χ0n) is 17.5. The number of aromatic nitrogens is 1. The molecule has 32 heavy (non-hydrogen) atoms. The van der Waals surface area contributed by atoms with Crippen LogP contribution in [0.4, 0.5) is 5.88 Å². The lowest BCUT2D eigenvalue weighted by Gasteiger charge is -2.34. The molecule has 1 amide bonds. The van der Waals surface area contributed by atoms with Gasteiger partial charge in [-0.1, -0.05) is 29.8 Å². The topological polar surface area (TPSA) is 82.6 Å². The van der Waals surface area contributed by atoms with E-state index in [2.05, 4.69) is 11.1 Å². The molecule has 1 fully saturated rings. The summed E-state index contributed by atoms with van der Waals surface area (Å²) in [4.78, 5) is 20.8. The smallest absolute Gasteiger partial charge is 0.253 e. The molecule has 162 valence electrons. The molecule has 0 saturated carbocycles. The summed E-state index contributed by atoms with van der Waals surface area (Å²) in [6.45, 7) is 2.11. The molecule has 0 aliphatic carbocycles. The van der Waals surface area contributed by atoms with Crippen LogP contribution in [0.5, 0.6) is 5.75 Å². The normalized spacial score (nSPS) is 13.9. The molecule has 1 aliphatic heterocycles. The maximum absolute atomic E-state index is 12.8. The number of rotatable bonds is 5. The van der Waals surface area contributed by atoms with Crippen LogP contribution in [0.25, 0.3) is 12.2 Å². The Morgan fingerprint density at radius 2 is 1.84 bits per heavy atom. The summed E-state index contributed by atoms with van der Waals surface area (Å²) >= 11 is 6.17. The molecule has 0 spiro atoms. The van der Waals surface area contributed by atoms with E-state index < -0.39 is 0 Å². The first kappa shape index (κ1) is 21.5. The maximum atomic E-state index is 12.8. The lowest BCUT2D eigenvalue weighted by Crippen LogP contribution is -2.48. The van der Waals surface area contributed by atoms with E-state index in [0.29, 0.717) is 54.3 Å². The van der Waals surface area contributed by atoms with E-state index in [0.717, 1.165) is 5.56 Å². The van der Waals surface area contributed by atoms with Gasteiger partial charge in [0.05, 0.1) is 7.11 Å². The number of carbonyl (C=O) groups excluding carboxylic acids is 1. The van der Waals surface area contributed by atoms with Crippen LogP contribution in [0.3, 0.4) is 0 Å². The third kappa shape index (κ3) is 4.61. The summed E-state index contributed by atoms with van der Waals surface area (Å²) in [6.07, 6.45) is 3.49. The van der Waals surface area contributed by atoms with Crippen LogP contribution >= 0.6 is 11.6 Å². The molecule has 0 bridgehead atoms. The molecular weight excluding hydrogens is 428 g/mol. The zero-order chi connectivity index (χ0) is 22.5. The van der Waals surface area contributed by atoms with Crippen molar-refractivity contribution in [3.8, 4) is 11.8 Å². The van der Waals surface area contributed by atoms with Gasteiger partial charge in [-0.15, -0.1) is 0 Å². The Morgan fingerprint density at radius 3 is 2.50 bits per heavy atom. The molecule has 3 aromatic rings. The first-order valence-corrected chi connectivity index (χ1v) is 10.5. The predicted octanol–water partition coefficient (Wildman–Crippen LogP) is 4.34. The predicted molar refractivity (Wildman–Crippen MR) is 123 cm³/mol. The number of oxazole rings is 1. The highest BCUT2D eigenvalue weighted by molar-refractivity contribution is 6.32. The number of ether oxygens (including phenoxy) is 1. The van der Waals surface area contributed by atoms with Gasteiger partial charge in [-0.25, -0.2) is 0 Å². The molecule has 4 rings (SSSR count). The first-order valence-electron chi connectivity index (χ1n) is 10.1. The van der Waals surface area contributed by atoms with E-state index in [1.54, 1.807) is 54.5 Å². The lowest BCUT2D eigenvalue weighted by atomic mass is 10.1. The summed E-state index contributed by atoms with van der Waals surface area (Å²) in [5.41, 5.74) is 1.67. The molecule has 1 saturated heterocycles. The Labute approximate surface area is 191 Å². The number of piperazine rings is 1. The first-order chi connectivity index (χ1) is 15.6. The van der Waals surface area contributed by atoms with E-state index in [9.17, 15) is 10.1 Å². The fourth-order valence-electron chi connectivity index (χ4n) is 3.49. The summed E-state index contributed by atoms with van der Waals surface area (Å²) in [5, 5.41) is 10.1. The third-order valence-corrected chi connectivity index (χ3v) is 5.58. The van der Waals surface area contributed by atoms with Gasteiger partial charge >= 0.3 is 0 Å². The van der Waals surface area contributed by atoms with Crippen molar-refractivity contribution < 1.29 is 13.9 Å². The standard InChI is InChI=1S/C24H21ClN4O3/c1-31-19-9-6-18(7-10-19)23(30)28-12-14-29(15-13-28)24-21(16-26)27-22(32-24)11-8-17-4-2-3-5-20(17)25/h2-11H,12-15H2,1H3. The minimum absolute atomic E-state index is 0.0336. The van der Waals surface area contributed by atoms with Crippen LogP contribution in [-0.4, -0.2) is 49.1 Å². The van der Waals surface area contributed by atoms with Crippen LogP contribution in [-0.2, 0) is 0 Å². The van der Waals surface area contributed by atoms with Gasteiger partial charge in [-0.05, 0) is 42.0 Å². The number of benzene rings is 2. The third-order valence-electron chi connectivity index (χ3n) is 5.23. The average Bonchev–Trinajstić information content (AvgIpc) is 3.26. The Bertz CT molecular complexity index is 1170. The number of nitrogens with zero attached hydrogens (tertiary/aromatic N) is 4. The highest BCUT2D eigenvalue weighted by Gasteiger charge is 2.26. The van der Waals surface area contributed by atoms with E-state index in [-0.39, 0.29) is 11.6 Å². The molecular formula is C24H21ClN4O3. The molecule has 0 atom stereocenters. The lowest BCUT2D eigenvalue weighted by molar-refractivity contribution is 0.0745. The number of anilines is 1. The van der Waals surface area contributed by atoms with E-state index >= 15 is 0 Å². The number of carbonyl (C=O) groups is 1. The van der Waals surface area contributed by atoms with Crippen LogP contribution in [0.1, 0.15) is 27.5 Å². The van der Waals surface area contributed by atoms with Crippen molar-refractivity contribution in [1.82, 2.24) is 9.88 Å². The zero-order valence-corrected chi connectivity index (χ0v) is 18.2. The SMILES string of the molecule is COc1ccc(C(=O)N2CCN(c3oc(C=Cc4ccccc4Cl)nc3C#N)CC2)cc1. The van der Waals surface area contributed by atoms with Crippen LogP contribution < -0.4 is 9.64 Å². The fourth-order valence-corrected chi connectivity index (χ4v) is 3.69. The van der Waals surface area contributed by atoms with Crippen molar-refractivity contribution in [2.24, 2.45) is 0 Å². The second kappa shape index (κ2) is 9.58. The fraction of sp³-hybridized carbons (Fsp3) is 0.208. The van der Waals surface area contributed by atoms with Gasteiger partial charge in [0.15, 0.2) is 0 Å². The van der Waals surface area contributed by atoms with Gasteiger partial charge in [-0.3, -0.25) is 4.79 Å². The number of amides is 1. The molecule has 8 heteroatoms. The van der Waals surface area contributed by atoms with Gasteiger partial charge in [0.1, 0.15) is 11.8 Å². The van der Waals surface area contributed by atoms with Crippen molar-refractivity contribution in [1.29, 1.82) is 5.26 Å². The van der Waals surface area contributed by atoms with Gasteiger partial charge < -0.3 is 19.0 Å². The van der Waals surface area contributed by atoms with Crippen molar-refractivity contribution in [2.75, 3.05) is 38.2 Å². The highest BCUT2D eigenvalue weighted by Crippen LogP contribution is 2.25. The maximum Gasteiger partial charge on any atom is 0.253 e. The summed E-state index contributed by atoms with van der Waals surface area (Å²) in [6, 6.07) is 16.6. The van der Waals surface area contributed by atoms with E-state index in [1.807, 2.05) is 23.1 Å². The van der Waals surface area contributed by atoms with Crippen molar-refractivity contribution in [2.45, 2.75) is 0 Å².